The van der Waals surface area contributed by atoms with Gasteiger partial charge in [-0.15, -0.1) is 0 Å². The zero-order valence-corrected chi connectivity index (χ0v) is 15.2. The Labute approximate surface area is 156 Å². The summed E-state index contributed by atoms with van der Waals surface area (Å²) in [6.45, 7) is 2.19. The van der Waals surface area contributed by atoms with E-state index in [0.717, 1.165) is 24.9 Å². The predicted molar refractivity (Wildman–Crippen MR) is 95.8 cm³/mol. The van der Waals surface area contributed by atoms with Crippen LogP contribution in [0.4, 0.5) is 4.39 Å². The number of amides is 2. The Hall–Kier alpha value is -2.74. The number of halogens is 1. The van der Waals surface area contributed by atoms with Crippen LogP contribution < -0.4 is 5.43 Å². The highest BCUT2D eigenvalue weighted by Gasteiger charge is 2.50. The number of aryl methyl sites for hydroxylation is 1. The van der Waals surface area contributed by atoms with Gasteiger partial charge in [0, 0.05) is 37.5 Å². The molecule has 3 heterocycles. The summed E-state index contributed by atoms with van der Waals surface area (Å²) in [6, 6.07) is 5.57. The maximum Gasteiger partial charge on any atom is 0.272 e. The van der Waals surface area contributed by atoms with Crippen LogP contribution in [0.5, 0.6) is 0 Å². The second-order valence-corrected chi connectivity index (χ2v) is 7.42. The molecule has 1 aromatic heterocycles. The molecular weight excluding hydrogens is 349 g/mol. The van der Waals surface area contributed by atoms with Crippen molar-refractivity contribution in [2.75, 3.05) is 13.1 Å². The Kier molecular flexibility index (Phi) is 4.43. The average Bonchev–Trinajstić information content (AvgIpc) is 3.17. The molecule has 1 atom stereocenters. The van der Waals surface area contributed by atoms with E-state index < -0.39 is 11.4 Å². The topological polar surface area (TPSA) is 70.5 Å². The van der Waals surface area contributed by atoms with Gasteiger partial charge in [-0.2, -0.15) is 5.10 Å². The Bertz CT molecular complexity index is 882. The fraction of sp³-hybridized carbons (Fsp3) is 0.421. The Balaban J connectivity index is 1.57. The minimum absolute atomic E-state index is 0.178. The number of hydrogen-bond acceptors (Lipinski definition) is 4. The lowest BCUT2D eigenvalue weighted by molar-refractivity contribution is -0.120. The summed E-state index contributed by atoms with van der Waals surface area (Å²) in [6.07, 6.45) is 5.67. The van der Waals surface area contributed by atoms with Gasteiger partial charge in [-0.1, -0.05) is 6.07 Å². The van der Waals surface area contributed by atoms with E-state index in [-0.39, 0.29) is 23.8 Å². The molecule has 2 fully saturated rings. The highest BCUT2D eigenvalue weighted by Crippen LogP contribution is 2.35. The maximum absolute atomic E-state index is 13.6. The summed E-state index contributed by atoms with van der Waals surface area (Å²) in [5, 5.41) is 5.63. The van der Waals surface area contributed by atoms with Crippen molar-refractivity contribution in [1.82, 2.24) is 25.1 Å². The number of carbonyl (C=O) groups is 2. The second-order valence-electron chi connectivity index (χ2n) is 7.42. The summed E-state index contributed by atoms with van der Waals surface area (Å²) in [5.74, 6) is -1.02. The number of piperidine rings is 1. The fourth-order valence-electron chi connectivity index (χ4n) is 4.16. The number of rotatable bonds is 3. The van der Waals surface area contributed by atoms with Crippen molar-refractivity contribution >= 4 is 11.8 Å². The normalized spacial score (nSPS) is 23.0. The van der Waals surface area contributed by atoms with E-state index in [1.165, 1.54) is 23.2 Å². The summed E-state index contributed by atoms with van der Waals surface area (Å²) < 4.78 is 15.3. The van der Waals surface area contributed by atoms with Crippen molar-refractivity contribution in [2.45, 2.75) is 31.3 Å². The quantitative estimate of drug-likeness (QED) is 0.887. The Morgan fingerprint density at radius 3 is 3.00 bits per heavy atom. The molecule has 1 aromatic carbocycles. The van der Waals surface area contributed by atoms with Gasteiger partial charge in [0.1, 0.15) is 5.82 Å². The Morgan fingerprint density at radius 1 is 1.41 bits per heavy atom. The van der Waals surface area contributed by atoms with Crippen LogP contribution in [0.15, 0.2) is 36.7 Å². The molecular formula is C19H22FN5O2. The van der Waals surface area contributed by atoms with Crippen LogP contribution in [0.3, 0.4) is 0 Å². The van der Waals surface area contributed by atoms with Gasteiger partial charge >= 0.3 is 0 Å². The molecule has 7 nitrogen and oxygen atoms in total. The molecule has 0 radical (unpaired) electrons. The van der Waals surface area contributed by atoms with Crippen molar-refractivity contribution in [3.05, 3.63) is 53.6 Å². The molecule has 8 heteroatoms. The molecule has 142 valence electrons. The molecule has 27 heavy (non-hydrogen) atoms. The van der Waals surface area contributed by atoms with Crippen LogP contribution in [0.25, 0.3) is 0 Å². The molecule has 2 aliphatic heterocycles. The minimum Gasteiger partial charge on any atom is -0.297 e. The molecule has 1 spiro atoms. The average molecular weight is 371 g/mol. The van der Waals surface area contributed by atoms with Gasteiger partial charge in [0.2, 0.25) is 5.91 Å². The van der Waals surface area contributed by atoms with Crippen molar-refractivity contribution < 1.29 is 14.0 Å². The van der Waals surface area contributed by atoms with Crippen molar-refractivity contribution in [1.29, 1.82) is 0 Å². The molecule has 2 aromatic rings. The third-order valence-electron chi connectivity index (χ3n) is 5.27. The van der Waals surface area contributed by atoms with Crippen molar-refractivity contribution in [3.63, 3.8) is 0 Å². The van der Waals surface area contributed by atoms with Crippen molar-refractivity contribution in [2.24, 2.45) is 7.05 Å². The Morgan fingerprint density at radius 2 is 2.26 bits per heavy atom. The number of nitrogens with one attached hydrogen (secondary N) is 1. The van der Waals surface area contributed by atoms with E-state index >= 15 is 0 Å². The van der Waals surface area contributed by atoms with Gasteiger partial charge in [0.15, 0.2) is 0 Å². The monoisotopic (exact) mass is 371 g/mol. The van der Waals surface area contributed by atoms with Gasteiger partial charge in [0.05, 0.1) is 18.2 Å². The predicted octanol–water partition coefficient (Wildman–Crippen LogP) is 1.47. The lowest BCUT2D eigenvalue weighted by atomic mass is 9.85. The number of nitrogens with zero attached hydrogens (tertiary/aromatic N) is 4. The van der Waals surface area contributed by atoms with Gasteiger partial charge in [-0.3, -0.25) is 24.6 Å². The summed E-state index contributed by atoms with van der Waals surface area (Å²) >= 11 is 0. The maximum atomic E-state index is 13.6. The van der Waals surface area contributed by atoms with E-state index in [0.29, 0.717) is 13.1 Å². The first-order valence-corrected chi connectivity index (χ1v) is 9.05. The lowest BCUT2D eigenvalue weighted by Gasteiger charge is -2.44. The smallest absolute Gasteiger partial charge is 0.272 e. The molecule has 0 saturated carbocycles. The van der Waals surface area contributed by atoms with Crippen LogP contribution in [-0.2, 0) is 18.4 Å². The zero-order chi connectivity index (χ0) is 19.0. The summed E-state index contributed by atoms with van der Waals surface area (Å²) in [4.78, 5) is 27.4. The molecule has 1 N–H and O–H groups in total. The highest BCUT2D eigenvalue weighted by molar-refractivity contribution is 5.98. The minimum atomic E-state index is -0.610. The SMILES string of the molecule is Cn1cc(CN2CCCC3(CC(=O)NN3C(=O)c3cccc(F)c3)C2)cn1. The first kappa shape index (κ1) is 17.7. The number of aromatic nitrogens is 2. The molecule has 0 bridgehead atoms. The van der Waals surface area contributed by atoms with Crippen LogP contribution >= 0.6 is 0 Å². The van der Waals surface area contributed by atoms with Gasteiger partial charge in [-0.05, 0) is 37.6 Å². The number of benzene rings is 1. The van der Waals surface area contributed by atoms with E-state index in [1.54, 1.807) is 10.7 Å². The molecule has 2 aliphatic rings. The van der Waals surface area contributed by atoms with E-state index in [9.17, 15) is 14.0 Å². The van der Waals surface area contributed by atoms with E-state index in [1.807, 2.05) is 19.4 Å². The third kappa shape index (κ3) is 3.44. The largest absolute Gasteiger partial charge is 0.297 e. The second kappa shape index (κ2) is 6.77. The molecule has 1 unspecified atom stereocenters. The van der Waals surface area contributed by atoms with Crippen LogP contribution in [0.1, 0.15) is 35.2 Å². The van der Waals surface area contributed by atoms with Gasteiger partial charge < -0.3 is 0 Å². The van der Waals surface area contributed by atoms with Gasteiger partial charge in [-0.25, -0.2) is 9.40 Å². The van der Waals surface area contributed by atoms with Crippen LogP contribution in [0, 0.1) is 5.82 Å². The highest BCUT2D eigenvalue weighted by atomic mass is 19.1. The van der Waals surface area contributed by atoms with E-state index in [2.05, 4.69) is 15.4 Å². The summed E-state index contributed by atoms with van der Waals surface area (Å²) in [5.41, 5.74) is 3.42. The van der Waals surface area contributed by atoms with Crippen LogP contribution in [-0.4, -0.2) is 50.1 Å². The third-order valence-corrected chi connectivity index (χ3v) is 5.27. The van der Waals surface area contributed by atoms with Crippen LogP contribution in [0.2, 0.25) is 0 Å². The number of carbonyl (C=O) groups excluding carboxylic acids is 2. The fourth-order valence-corrected chi connectivity index (χ4v) is 4.16. The van der Waals surface area contributed by atoms with E-state index in [4.69, 9.17) is 0 Å². The van der Waals surface area contributed by atoms with Crippen molar-refractivity contribution in [3.8, 4) is 0 Å². The number of hydrazine groups is 1. The number of hydrogen-bond donors (Lipinski definition) is 1. The first-order chi connectivity index (χ1) is 12.9. The molecule has 2 amide bonds. The molecule has 2 saturated heterocycles. The molecule has 0 aliphatic carbocycles. The molecule has 4 rings (SSSR count). The first-order valence-electron chi connectivity index (χ1n) is 9.05. The zero-order valence-electron chi connectivity index (χ0n) is 15.2. The lowest BCUT2D eigenvalue weighted by Crippen LogP contribution is -2.59. The number of likely N-dealkylation sites (tertiary alicyclic amines) is 1. The summed E-state index contributed by atoms with van der Waals surface area (Å²) in [7, 11) is 1.88. The van der Waals surface area contributed by atoms with Gasteiger partial charge in [0.25, 0.3) is 5.91 Å². The standard InChI is InChI=1S/C19H22FN5O2/c1-23-11-14(10-21-23)12-24-7-3-6-19(13-24)9-17(26)22-25(19)18(27)15-4-2-5-16(20)8-15/h2,4-5,8,10-11H,3,6-7,9,12-13H2,1H3,(H,22,26).